The molecule has 30 heavy (non-hydrogen) atoms. The van der Waals surface area contributed by atoms with Crippen molar-refractivity contribution in [2.45, 2.75) is 26.8 Å². The lowest BCUT2D eigenvalue weighted by Gasteiger charge is -2.31. The summed E-state index contributed by atoms with van der Waals surface area (Å²) in [5, 5.41) is 12.3. The Morgan fingerprint density at radius 3 is 2.77 bits per heavy atom. The van der Waals surface area contributed by atoms with Crippen molar-refractivity contribution in [1.82, 2.24) is 14.9 Å². The average Bonchev–Trinajstić information content (AvgIpc) is 2.75. The van der Waals surface area contributed by atoms with Crippen molar-refractivity contribution in [1.29, 1.82) is 0 Å². The molecule has 0 fully saturated rings. The second-order valence-electron chi connectivity index (χ2n) is 7.55. The first-order valence-corrected chi connectivity index (χ1v) is 10.6. The van der Waals surface area contributed by atoms with Gasteiger partial charge < -0.3 is 25.4 Å². The van der Waals surface area contributed by atoms with E-state index in [2.05, 4.69) is 39.7 Å². The predicted molar refractivity (Wildman–Crippen MR) is 120 cm³/mol. The van der Waals surface area contributed by atoms with E-state index >= 15 is 0 Å². The first kappa shape index (κ1) is 20.2. The molecule has 0 saturated carbocycles. The molecule has 3 N–H and O–H groups in total. The van der Waals surface area contributed by atoms with Gasteiger partial charge in [-0.05, 0) is 31.0 Å². The van der Waals surface area contributed by atoms with Gasteiger partial charge in [-0.1, -0.05) is 38.1 Å². The lowest BCUT2D eigenvalue weighted by molar-refractivity contribution is 0.212. The first-order chi connectivity index (χ1) is 14.6. The van der Waals surface area contributed by atoms with Gasteiger partial charge in [-0.15, -0.1) is 0 Å². The van der Waals surface area contributed by atoms with Gasteiger partial charge in [-0.2, -0.15) is 9.97 Å². The molecule has 0 saturated heterocycles. The number of nitrogens with two attached hydrogens (primary N) is 1. The van der Waals surface area contributed by atoms with Crippen LogP contribution in [0.25, 0.3) is 10.8 Å². The quantitative estimate of drug-likeness (QED) is 0.622. The molecule has 0 spiro atoms. The highest BCUT2D eigenvalue weighted by Gasteiger charge is 2.23. The number of aromatic hydroxyl groups is 1. The molecular formula is C23H29N5O2. The molecule has 0 unspecified atom stereocenters. The number of ether oxygens (including phenoxy) is 1. The van der Waals surface area contributed by atoms with Crippen LogP contribution in [0.4, 0.5) is 11.5 Å². The van der Waals surface area contributed by atoms with E-state index in [1.807, 2.05) is 24.3 Å². The third kappa shape index (κ3) is 4.11. The standard InChI is InChI=1S/C23H29N5O2/c1-3-27(4-2)11-12-30-23-25-20-15-28(10-9-19(20)22(24)26-23)21-14-17(29)13-16-7-5-6-8-18(16)21/h5-8,13-14,29H,3-4,9-12,15H2,1-2H3,(H2,24,25,26). The summed E-state index contributed by atoms with van der Waals surface area (Å²) in [5.41, 5.74) is 9.10. The lowest BCUT2D eigenvalue weighted by Crippen LogP contribution is -2.32. The molecule has 0 bridgehead atoms. The Hall–Kier alpha value is -3.06. The minimum atomic E-state index is 0.261. The van der Waals surface area contributed by atoms with Crippen LogP contribution in [0.3, 0.4) is 0 Å². The summed E-state index contributed by atoms with van der Waals surface area (Å²) >= 11 is 0. The number of rotatable bonds is 7. The van der Waals surface area contributed by atoms with E-state index in [0.717, 1.165) is 60.3 Å². The van der Waals surface area contributed by atoms with Crippen LogP contribution in [0.15, 0.2) is 36.4 Å². The van der Waals surface area contributed by atoms with Crippen LogP contribution in [0.1, 0.15) is 25.1 Å². The minimum absolute atomic E-state index is 0.261. The molecule has 1 aromatic heterocycles. The smallest absolute Gasteiger partial charge is 0.318 e. The Labute approximate surface area is 177 Å². The molecule has 158 valence electrons. The van der Waals surface area contributed by atoms with Gasteiger partial charge in [0.2, 0.25) is 0 Å². The molecule has 0 amide bonds. The number of nitrogen functional groups attached to an aromatic ring is 1. The Kier molecular flexibility index (Phi) is 5.90. The van der Waals surface area contributed by atoms with Crippen molar-refractivity contribution < 1.29 is 9.84 Å². The molecule has 1 aliphatic rings. The fraction of sp³-hybridized carbons (Fsp3) is 0.391. The van der Waals surface area contributed by atoms with Crippen molar-refractivity contribution in [3.63, 3.8) is 0 Å². The number of likely N-dealkylation sites (N-methyl/N-ethyl adjacent to an activating group) is 1. The fourth-order valence-corrected chi connectivity index (χ4v) is 4.05. The van der Waals surface area contributed by atoms with Crippen LogP contribution < -0.4 is 15.4 Å². The molecule has 2 heterocycles. The maximum Gasteiger partial charge on any atom is 0.318 e. The summed E-state index contributed by atoms with van der Waals surface area (Å²) in [4.78, 5) is 13.5. The topological polar surface area (TPSA) is 87.7 Å². The van der Waals surface area contributed by atoms with Gasteiger partial charge in [0.15, 0.2) is 0 Å². The van der Waals surface area contributed by atoms with Crippen molar-refractivity contribution in [2.24, 2.45) is 0 Å². The van der Waals surface area contributed by atoms with E-state index in [-0.39, 0.29) is 5.75 Å². The van der Waals surface area contributed by atoms with Crippen LogP contribution in [0.2, 0.25) is 0 Å². The molecular weight excluding hydrogens is 378 g/mol. The maximum absolute atomic E-state index is 10.2. The summed E-state index contributed by atoms with van der Waals surface area (Å²) in [6.45, 7) is 8.99. The molecule has 2 aromatic carbocycles. The number of phenolic OH excluding ortho intramolecular Hbond substituents is 1. The van der Waals surface area contributed by atoms with E-state index in [9.17, 15) is 5.11 Å². The zero-order valence-electron chi connectivity index (χ0n) is 17.6. The normalized spacial score (nSPS) is 13.6. The van der Waals surface area contributed by atoms with E-state index in [0.29, 0.717) is 25.0 Å². The largest absolute Gasteiger partial charge is 0.508 e. The van der Waals surface area contributed by atoms with Gasteiger partial charge in [0.05, 0.1) is 12.2 Å². The molecule has 0 radical (unpaired) electrons. The highest BCUT2D eigenvalue weighted by molar-refractivity contribution is 5.95. The van der Waals surface area contributed by atoms with Crippen molar-refractivity contribution >= 4 is 22.3 Å². The maximum atomic E-state index is 10.2. The third-order valence-electron chi connectivity index (χ3n) is 5.78. The number of hydrogen-bond donors (Lipinski definition) is 2. The SMILES string of the molecule is CCN(CC)CCOc1nc(N)c2c(n1)CN(c1cc(O)cc3ccccc13)CC2. The fourth-order valence-electron chi connectivity index (χ4n) is 4.05. The number of benzene rings is 2. The Bertz CT molecular complexity index is 1040. The highest BCUT2D eigenvalue weighted by atomic mass is 16.5. The number of phenols is 1. The molecule has 0 aliphatic carbocycles. The van der Waals surface area contributed by atoms with E-state index in [4.69, 9.17) is 10.5 Å². The van der Waals surface area contributed by atoms with Crippen LogP contribution in [0.5, 0.6) is 11.8 Å². The van der Waals surface area contributed by atoms with E-state index in [1.165, 1.54) is 0 Å². The molecule has 0 atom stereocenters. The Morgan fingerprint density at radius 1 is 1.17 bits per heavy atom. The van der Waals surface area contributed by atoms with E-state index < -0.39 is 0 Å². The molecule has 7 nitrogen and oxygen atoms in total. The number of nitrogens with zero attached hydrogens (tertiary/aromatic N) is 4. The van der Waals surface area contributed by atoms with Crippen LogP contribution in [-0.4, -0.2) is 52.8 Å². The number of anilines is 2. The van der Waals surface area contributed by atoms with Gasteiger partial charge >= 0.3 is 6.01 Å². The summed E-state index contributed by atoms with van der Waals surface area (Å²) in [6, 6.07) is 12.0. The van der Waals surface area contributed by atoms with Gasteiger partial charge in [-0.3, -0.25) is 0 Å². The summed E-state index contributed by atoms with van der Waals surface area (Å²) in [7, 11) is 0. The van der Waals surface area contributed by atoms with Gasteiger partial charge in [-0.25, -0.2) is 0 Å². The lowest BCUT2D eigenvalue weighted by atomic mass is 10.0. The van der Waals surface area contributed by atoms with Crippen LogP contribution in [-0.2, 0) is 13.0 Å². The number of fused-ring (bicyclic) bond motifs is 2. The first-order valence-electron chi connectivity index (χ1n) is 10.6. The summed E-state index contributed by atoms with van der Waals surface area (Å²) in [5.74, 6) is 0.760. The minimum Gasteiger partial charge on any atom is -0.508 e. The Balaban J connectivity index is 1.57. The summed E-state index contributed by atoms with van der Waals surface area (Å²) in [6.07, 6.45) is 0.755. The van der Waals surface area contributed by atoms with Gasteiger partial charge in [0.1, 0.15) is 18.2 Å². The summed E-state index contributed by atoms with van der Waals surface area (Å²) < 4.78 is 5.81. The average molecular weight is 408 g/mol. The van der Waals surface area contributed by atoms with Crippen molar-refractivity contribution in [2.75, 3.05) is 43.4 Å². The predicted octanol–water partition coefficient (Wildman–Crippen LogP) is 3.20. The molecule has 4 rings (SSSR count). The van der Waals surface area contributed by atoms with Gasteiger partial charge in [0, 0.05) is 35.8 Å². The van der Waals surface area contributed by atoms with Crippen molar-refractivity contribution in [3.8, 4) is 11.8 Å². The monoisotopic (exact) mass is 407 g/mol. The molecule has 1 aliphatic heterocycles. The number of aromatic nitrogens is 2. The Morgan fingerprint density at radius 2 is 1.97 bits per heavy atom. The van der Waals surface area contributed by atoms with Crippen LogP contribution >= 0.6 is 0 Å². The van der Waals surface area contributed by atoms with E-state index in [1.54, 1.807) is 6.07 Å². The molecule has 3 aromatic rings. The third-order valence-corrected chi connectivity index (χ3v) is 5.78. The zero-order chi connectivity index (χ0) is 21.1. The molecule has 7 heteroatoms. The second kappa shape index (κ2) is 8.75. The van der Waals surface area contributed by atoms with Crippen LogP contribution in [0, 0.1) is 0 Å². The van der Waals surface area contributed by atoms with Crippen molar-refractivity contribution in [3.05, 3.63) is 47.7 Å². The zero-order valence-corrected chi connectivity index (χ0v) is 17.6. The second-order valence-corrected chi connectivity index (χ2v) is 7.55. The highest BCUT2D eigenvalue weighted by Crippen LogP contribution is 2.35. The number of hydrogen-bond acceptors (Lipinski definition) is 7. The van der Waals surface area contributed by atoms with Gasteiger partial charge in [0.25, 0.3) is 0 Å².